The molecule has 2 aromatic rings. The van der Waals surface area contributed by atoms with Crippen LogP contribution in [0.4, 0.5) is 10.1 Å². The Hall–Kier alpha value is -3.08. The van der Waals surface area contributed by atoms with Crippen molar-refractivity contribution in [2.45, 2.75) is 52.1 Å². The molecule has 0 saturated carbocycles. The van der Waals surface area contributed by atoms with Gasteiger partial charge in [0, 0.05) is 36.8 Å². The van der Waals surface area contributed by atoms with Crippen molar-refractivity contribution < 1.29 is 18.7 Å². The molecular formula is C28H32FNO3. The van der Waals surface area contributed by atoms with Crippen LogP contribution in [0.2, 0.25) is 0 Å². The molecule has 5 heteroatoms. The predicted molar refractivity (Wildman–Crippen MR) is 129 cm³/mol. The Morgan fingerprint density at radius 3 is 2.85 bits per heavy atom. The first kappa shape index (κ1) is 23.1. The molecule has 0 fully saturated rings. The van der Waals surface area contributed by atoms with Crippen LogP contribution in [0.15, 0.2) is 60.2 Å². The number of nitrogens with zero attached hydrogens (tertiary/aromatic N) is 1. The number of carbonyl (C=O) groups excluding carboxylic acids is 1. The number of aryl methyl sites for hydroxylation is 2. The van der Waals surface area contributed by atoms with Crippen LogP contribution in [0.5, 0.6) is 5.75 Å². The average Bonchev–Trinajstić information content (AvgIpc) is 2.83. The van der Waals surface area contributed by atoms with Gasteiger partial charge in [0.05, 0.1) is 6.61 Å². The van der Waals surface area contributed by atoms with Crippen LogP contribution in [0.25, 0.3) is 0 Å². The van der Waals surface area contributed by atoms with Crippen LogP contribution < -0.4 is 9.64 Å². The van der Waals surface area contributed by atoms with Crippen molar-refractivity contribution in [1.82, 2.24) is 0 Å². The van der Waals surface area contributed by atoms with Gasteiger partial charge in [-0.15, -0.1) is 0 Å². The van der Waals surface area contributed by atoms with Crippen molar-refractivity contribution in [2.75, 3.05) is 24.6 Å². The third-order valence-corrected chi connectivity index (χ3v) is 6.21. The summed E-state index contributed by atoms with van der Waals surface area (Å²) in [7, 11) is 0. The van der Waals surface area contributed by atoms with Crippen LogP contribution >= 0.6 is 0 Å². The third-order valence-electron chi connectivity index (χ3n) is 6.21. The van der Waals surface area contributed by atoms with Crippen molar-refractivity contribution >= 4 is 11.7 Å². The lowest BCUT2D eigenvalue weighted by Crippen LogP contribution is -2.32. The van der Waals surface area contributed by atoms with E-state index in [1.54, 1.807) is 19.1 Å². The SMILES string of the molecule is CCOC(=O)CCc1ccc(OCc2cccc3c2N(CC2=CC=CCC2)CCC3)cc1F. The highest BCUT2D eigenvalue weighted by atomic mass is 19.1. The number of allylic oxidation sites excluding steroid dienone is 3. The van der Waals surface area contributed by atoms with Crippen molar-refractivity contribution in [3.8, 4) is 5.75 Å². The summed E-state index contributed by atoms with van der Waals surface area (Å²) >= 11 is 0. The molecular weight excluding hydrogens is 417 g/mol. The molecule has 33 heavy (non-hydrogen) atoms. The number of hydrogen-bond donors (Lipinski definition) is 0. The molecule has 2 aliphatic rings. The van der Waals surface area contributed by atoms with Gasteiger partial charge in [-0.3, -0.25) is 4.79 Å². The average molecular weight is 450 g/mol. The first-order valence-corrected chi connectivity index (χ1v) is 11.9. The number of carbonyl (C=O) groups is 1. The molecule has 0 aromatic heterocycles. The van der Waals surface area contributed by atoms with E-state index in [0.29, 0.717) is 30.9 Å². The van der Waals surface area contributed by atoms with Gasteiger partial charge in [0.1, 0.15) is 18.2 Å². The molecule has 174 valence electrons. The standard InChI is InChI=1S/C28H32FNO3/c1-2-32-27(31)16-14-22-13-15-25(18-26(22)29)33-20-24-11-6-10-23-12-7-17-30(28(23)24)19-21-8-4-3-5-9-21/h3-4,6,8,10-11,13,15,18H,2,5,7,9,12,14,16-17,19-20H2,1H3. The summed E-state index contributed by atoms with van der Waals surface area (Å²) in [6.07, 6.45) is 11.5. The van der Waals surface area contributed by atoms with Gasteiger partial charge in [-0.1, -0.05) is 48.1 Å². The van der Waals surface area contributed by atoms with E-state index in [1.807, 2.05) is 0 Å². The molecule has 4 rings (SSSR count). The number of ether oxygens (including phenoxy) is 2. The minimum absolute atomic E-state index is 0.170. The Bertz CT molecular complexity index is 1040. The monoisotopic (exact) mass is 449 g/mol. The van der Waals surface area contributed by atoms with Gasteiger partial charge in [0.25, 0.3) is 0 Å². The highest BCUT2D eigenvalue weighted by Crippen LogP contribution is 2.33. The van der Waals surface area contributed by atoms with Gasteiger partial charge < -0.3 is 14.4 Å². The van der Waals surface area contributed by atoms with E-state index >= 15 is 0 Å². The second kappa shape index (κ2) is 11.2. The summed E-state index contributed by atoms with van der Waals surface area (Å²) in [5.41, 5.74) is 5.71. The van der Waals surface area contributed by atoms with E-state index in [2.05, 4.69) is 41.3 Å². The van der Waals surface area contributed by atoms with Gasteiger partial charge in [-0.05, 0) is 56.2 Å². The van der Waals surface area contributed by atoms with Gasteiger partial charge >= 0.3 is 5.97 Å². The Morgan fingerprint density at radius 2 is 2.06 bits per heavy atom. The number of halogens is 1. The Morgan fingerprint density at radius 1 is 1.15 bits per heavy atom. The number of hydrogen-bond acceptors (Lipinski definition) is 4. The van der Waals surface area contributed by atoms with Crippen LogP contribution in [0.1, 0.15) is 49.3 Å². The maximum absolute atomic E-state index is 14.6. The van der Waals surface area contributed by atoms with Crippen LogP contribution in [0.3, 0.4) is 0 Å². The second-order valence-electron chi connectivity index (χ2n) is 8.59. The first-order chi connectivity index (χ1) is 16.1. The number of benzene rings is 2. The van der Waals surface area contributed by atoms with Gasteiger partial charge in [0.15, 0.2) is 0 Å². The molecule has 0 N–H and O–H groups in total. The van der Waals surface area contributed by atoms with E-state index in [4.69, 9.17) is 9.47 Å². The molecule has 0 bridgehead atoms. The summed E-state index contributed by atoms with van der Waals surface area (Å²) in [6, 6.07) is 11.3. The molecule has 4 nitrogen and oxygen atoms in total. The first-order valence-electron chi connectivity index (χ1n) is 11.9. The third kappa shape index (κ3) is 6.04. The molecule has 2 aromatic carbocycles. The molecule has 1 aliphatic heterocycles. The van der Waals surface area contributed by atoms with E-state index in [9.17, 15) is 9.18 Å². The number of fused-ring (bicyclic) bond motifs is 1. The second-order valence-corrected chi connectivity index (χ2v) is 8.59. The number of anilines is 1. The maximum Gasteiger partial charge on any atom is 0.306 e. The highest BCUT2D eigenvalue weighted by molar-refractivity contribution is 5.69. The van der Waals surface area contributed by atoms with Crippen LogP contribution in [0, 0.1) is 5.82 Å². The largest absolute Gasteiger partial charge is 0.489 e. The molecule has 0 unspecified atom stereocenters. The van der Waals surface area contributed by atoms with Crippen LogP contribution in [-0.2, 0) is 29.0 Å². The van der Waals surface area contributed by atoms with Gasteiger partial charge in [-0.25, -0.2) is 4.39 Å². The lowest BCUT2D eigenvalue weighted by molar-refractivity contribution is -0.143. The highest BCUT2D eigenvalue weighted by Gasteiger charge is 2.21. The maximum atomic E-state index is 14.6. The zero-order valence-electron chi connectivity index (χ0n) is 19.3. The fourth-order valence-corrected chi connectivity index (χ4v) is 4.58. The predicted octanol–water partition coefficient (Wildman–Crippen LogP) is 5.93. The summed E-state index contributed by atoms with van der Waals surface area (Å²) in [4.78, 5) is 14.0. The normalized spacial score (nSPS) is 15.1. The fourth-order valence-electron chi connectivity index (χ4n) is 4.58. The van der Waals surface area contributed by atoms with Gasteiger partial charge in [-0.2, -0.15) is 0 Å². The minimum atomic E-state index is -0.356. The molecule has 0 amide bonds. The molecule has 0 spiro atoms. The van der Waals surface area contributed by atoms with Crippen molar-refractivity contribution in [1.29, 1.82) is 0 Å². The lowest BCUT2D eigenvalue weighted by Gasteiger charge is -2.34. The zero-order chi connectivity index (χ0) is 23.0. The molecule has 0 atom stereocenters. The summed E-state index contributed by atoms with van der Waals surface area (Å²) in [5, 5.41) is 0. The Balaban J connectivity index is 1.43. The summed E-state index contributed by atoms with van der Waals surface area (Å²) < 4.78 is 25.5. The van der Waals surface area contributed by atoms with Crippen molar-refractivity contribution in [2.24, 2.45) is 0 Å². The smallest absolute Gasteiger partial charge is 0.306 e. The van der Waals surface area contributed by atoms with Gasteiger partial charge in [0.2, 0.25) is 0 Å². The summed E-state index contributed by atoms with van der Waals surface area (Å²) in [5.74, 6) is -0.172. The van der Waals surface area contributed by atoms with Crippen LogP contribution in [-0.4, -0.2) is 25.7 Å². The molecule has 1 heterocycles. The number of para-hydroxylation sites is 1. The number of rotatable bonds is 9. The lowest BCUT2D eigenvalue weighted by atomic mass is 9.96. The van der Waals surface area contributed by atoms with E-state index in [0.717, 1.165) is 44.3 Å². The summed E-state index contributed by atoms with van der Waals surface area (Å²) in [6.45, 7) is 4.47. The quantitative estimate of drug-likeness (QED) is 0.445. The Kier molecular flexibility index (Phi) is 7.82. The topological polar surface area (TPSA) is 38.8 Å². The van der Waals surface area contributed by atoms with Crippen molar-refractivity contribution in [3.05, 3.63) is 82.7 Å². The minimum Gasteiger partial charge on any atom is -0.489 e. The Labute approximate surface area is 195 Å². The number of esters is 1. The zero-order valence-corrected chi connectivity index (χ0v) is 19.3. The molecule has 1 aliphatic carbocycles. The van der Waals surface area contributed by atoms with E-state index in [1.165, 1.54) is 22.9 Å². The molecule has 0 radical (unpaired) electrons. The van der Waals surface area contributed by atoms with E-state index in [-0.39, 0.29) is 18.2 Å². The van der Waals surface area contributed by atoms with E-state index < -0.39 is 0 Å². The van der Waals surface area contributed by atoms with Crippen molar-refractivity contribution in [3.63, 3.8) is 0 Å². The fraction of sp³-hybridized carbons (Fsp3) is 0.393. The molecule has 0 saturated heterocycles.